The summed E-state index contributed by atoms with van der Waals surface area (Å²) in [6.45, 7) is 3.42. The van der Waals surface area contributed by atoms with Gasteiger partial charge in [0.2, 0.25) is 5.88 Å². The van der Waals surface area contributed by atoms with E-state index < -0.39 is 29.2 Å². The molecule has 0 fully saturated rings. The Kier molecular flexibility index (Phi) is 5.32. The van der Waals surface area contributed by atoms with Crippen molar-refractivity contribution in [1.82, 2.24) is 4.98 Å². The maximum Gasteiger partial charge on any atom is 0.416 e. The summed E-state index contributed by atoms with van der Waals surface area (Å²) in [6.07, 6.45) is -3.45. The molecule has 2 heterocycles. The third-order valence-corrected chi connectivity index (χ3v) is 4.36. The van der Waals surface area contributed by atoms with Gasteiger partial charge in [0.1, 0.15) is 0 Å². The average molecular weight is 406 g/mol. The molecular formula is C20H17F3N2O4. The second kappa shape index (κ2) is 7.57. The Bertz CT molecular complexity index is 999. The number of benzene rings is 1. The van der Waals surface area contributed by atoms with Crippen molar-refractivity contribution in [2.24, 2.45) is 0 Å². The van der Waals surface area contributed by atoms with Crippen LogP contribution in [-0.2, 0) is 15.8 Å². The van der Waals surface area contributed by atoms with Crippen LogP contribution in [0.2, 0.25) is 0 Å². The molecule has 0 radical (unpaired) electrons. The van der Waals surface area contributed by atoms with Gasteiger partial charge in [-0.25, -0.2) is 9.78 Å². The molecule has 1 aromatic carbocycles. The molecule has 0 saturated heterocycles. The lowest BCUT2D eigenvalue weighted by molar-refractivity contribution is -0.139. The molecule has 0 saturated carbocycles. The van der Waals surface area contributed by atoms with E-state index >= 15 is 0 Å². The molecule has 1 aliphatic rings. The SMILES string of the molecule is CC(C)Oc1nccc2c1C(c1ccccc1C(F)(F)F)C(C(=O)O)=C(C=O)N2. The molecule has 9 heteroatoms. The van der Waals surface area contributed by atoms with E-state index in [-0.39, 0.29) is 40.8 Å². The first kappa shape index (κ1) is 20.4. The van der Waals surface area contributed by atoms with Crippen LogP contribution in [0.25, 0.3) is 0 Å². The molecule has 29 heavy (non-hydrogen) atoms. The van der Waals surface area contributed by atoms with E-state index in [9.17, 15) is 27.9 Å². The Morgan fingerprint density at radius 1 is 1.28 bits per heavy atom. The van der Waals surface area contributed by atoms with E-state index in [2.05, 4.69) is 10.3 Å². The first-order chi connectivity index (χ1) is 13.6. The van der Waals surface area contributed by atoms with E-state index in [0.717, 1.165) is 6.07 Å². The van der Waals surface area contributed by atoms with Crippen molar-refractivity contribution in [3.63, 3.8) is 0 Å². The van der Waals surface area contributed by atoms with Crippen molar-refractivity contribution >= 4 is 17.9 Å². The summed E-state index contributed by atoms with van der Waals surface area (Å²) in [5.41, 5.74) is -1.76. The highest BCUT2D eigenvalue weighted by Crippen LogP contribution is 2.48. The minimum absolute atomic E-state index is 0.00400. The van der Waals surface area contributed by atoms with E-state index in [1.165, 1.54) is 30.5 Å². The summed E-state index contributed by atoms with van der Waals surface area (Å²) in [4.78, 5) is 27.7. The van der Waals surface area contributed by atoms with Gasteiger partial charge in [-0.05, 0) is 31.5 Å². The molecule has 152 valence electrons. The molecule has 0 aliphatic carbocycles. The Labute approximate surface area is 164 Å². The fourth-order valence-electron chi connectivity index (χ4n) is 3.32. The van der Waals surface area contributed by atoms with Gasteiger partial charge in [0, 0.05) is 11.9 Å². The van der Waals surface area contributed by atoms with Gasteiger partial charge in [-0.15, -0.1) is 0 Å². The Balaban J connectivity index is 2.39. The van der Waals surface area contributed by atoms with Crippen molar-refractivity contribution in [3.8, 4) is 5.88 Å². The number of alkyl halides is 3. The van der Waals surface area contributed by atoms with Crippen LogP contribution >= 0.6 is 0 Å². The van der Waals surface area contributed by atoms with Crippen LogP contribution in [0.3, 0.4) is 0 Å². The molecular weight excluding hydrogens is 389 g/mol. The quantitative estimate of drug-likeness (QED) is 0.731. The molecule has 1 aromatic heterocycles. The second-order valence-corrected chi connectivity index (χ2v) is 6.64. The van der Waals surface area contributed by atoms with Crippen LogP contribution in [0.1, 0.15) is 36.5 Å². The minimum Gasteiger partial charge on any atom is -0.478 e. The zero-order chi connectivity index (χ0) is 21.3. The van der Waals surface area contributed by atoms with E-state index in [1.54, 1.807) is 13.8 Å². The van der Waals surface area contributed by atoms with Gasteiger partial charge in [0.15, 0.2) is 6.29 Å². The monoisotopic (exact) mass is 406 g/mol. The first-order valence-corrected chi connectivity index (χ1v) is 8.66. The standard InChI is InChI=1S/C20H17F3N2O4/c1-10(2)29-18-16-13(7-8-24-18)25-14(9-26)17(19(27)28)15(16)11-5-3-4-6-12(11)20(21,22)23/h3-10,15,25H,1-2H3,(H,27,28). The lowest BCUT2D eigenvalue weighted by Gasteiger charge is -2.31. The van der Waals surface area contributed by atoms with Crippen LogP contribution in [0.5, 0.6) is 5.88 Å². The van der Waals surface area contributed by atoms with Gasteiger partial charge in [0.25, 0.3) is 0 Å². The highest BCUT2D eigenvalue weighted by atomic mass is 19.4. The smallest absolute Gasteiger partial charge is 0.416 e. The molecule has 6 nitrogen and oxygen atoms in total. The third kappa shape index (κ3) is 3.80. The topological polar surface area (TPSA) is 88.5 Å². The van der Waals surface area contributed by atoms with Crippen LogP contribution in [0.4, 0.5) is 18.9 Å². The highest BCUT2D eigenvalue weighted by Gasteiger charge is 2.42. The van der Waals surface area contributed by atoms with Gasteiger partial charge in [-0.1, -0.05) is 18.2 Å². The Morgan fingerprint density at radius 3 is 2.55 bits per heavy atom. The molecule has 0 bridgehead atoms. The van der Waals surface area contributed by atoms with Crippen LogP contribution in [0, 0.1) is 0 Å². The maximum absolute atomic E-state index is 13.7. The van der Waals surface area contributed by atoms with Gasteiger partial charge in [-0.3, -0.25) is 4.79 Å². The van der Waals surface area contributed by atoms with Gasteiger partial charge >= 0.3 is 12.1 Å². The number of pyridine rings is 1. The first-order valence-electron chi connectivity index (χ1n) is 8.66. The van der Waals surface area contributed by atoms with Crippen molar-refractivity contribution in [3.05, 3.63) is 64.5 Å². The molecule has 3 rings (SSSR count). The summed E-state index contributed by atoms with van der Waals surface area (Å²) < 4.78 is 46.8. The van der Waals surface area contributed by atoms with Crippen molar-refractivity contribution < 1.29 is 32.6 Å². The van der Waals surface area contributed by atoms with Crippen molar-refractivity contribution in [2.45, 2.75) is 32.0 Å². The Morgan fingerprint density at radius 2 is 1.97 bits per heavy atom. The number of aliphatic carboxylic acids is 1. The van der Waals surface area contributed by atoms with Crippen LogP contribution in [0.15, 0.2) is 47.8 Å². The number of hydrogen-bond acceptors (Lipinski definition) is 5. The molecule has 2 N–H and O–H groups in total. The molecule has 1 unspecified atom stereocenters. The summed E-state index contributed by atoms with van der Waals surface area (Å²) in [6, 6.07) is 6.12. The summed E-state index contributed by atoms with van der Waals surface area (Å²) >= 11 is 0. The lowest BCUT2D eigenvalue weighted by atomic mass is 9.79. The number of ether oxygens (including phenoxy) is 1. The minimum atomic E-state index is -4.73. The van der Waals surface area contributed by atoms with Gasteiger partial charge in [0.05, 0.1) is 34.4 Å². The van der Waals surface area contributed by atoms with E-state index in [4.69, 9.17) is 4.74 Å². The number of carbonyl (C=O) groups excluding carboxylic acids is 1. The number of nitrogens with zero attached hydrogens (tertiary/aromatic N) is 1. The zero-order valence-electron chi connectivity index (χ0n) is 15.4. The number of carbonyl (C=O) groups is 2. The fraction of sp³-hybridized carbons (Fsp3) is 0.250. The summed E-state index contributed by atoms with van der Waals surface area (Å²) in [5.74, 6) is -2.94. The Hall–Kier alpha value is -3.36. The largest absolute Gasteiger partial charge is 0.478 e. The summed E-state index contributed by atoms with van der Waals surface area (Å²) in [5, 5.41) is 12.4. The number of nitrogens with one attached hydrogen (secondary N) is 1. The predicted octanol–water partition coefficient (Wildman–Crippen LogP) is 3.98. The normalized spacial score (nSPS) is 16.3. The van der Waals surface area contributed by atoms with Crippen LogP contribution < -0.4 is 10.1 Å². The number of fused-ring (bicyclic) bond motifs is 1. The molecule has 1 atom stereocenters. The fourth-order valence-corrected chi connectivity index (χ4v) is 3.32. The number of aldehydes is 1. The lowest BCUT2D eigenvalue weighted by Crippen LogP contribution is -2.27. The van der Waals surface area contributed by atoms with Crippen LogP contribution in [-0.4, -0.2) is 28.4 Å². The van der Waals surface area contributed by atoms with Gasteiger partial charge in [-0.2, -0.15) is 13.2 Å². The molecule has 2 aromatic rings. The van der Waals surface area contributed by atoms with E-state index in [0.29, 0.717) is 0 Å². The highest BCUT2D eigenvalue weighted by molar-refractivity contribution is 6.00. The number of rotatable bonds is 5. The zero-order valence-corrected chi connectivity index (χ0v) is 15.4. The number of carboxylic acids is 1. The molecule has 1 aliphatic heterocycles. The predicted molar refractivity (Wildman–Crippen MR) is 97.6 cm³/mol. The number of allylic oxidation sites excluding steroid dienone is 1. The van der Waals surface area contributed by atoms with E-state index in [1.807, 2.05) is 0 Å². The van der Waals surface area contributed by atoms with Crippen molar-refractivity contribution in [1.29, 1.82) is 0 Å². The number of anilines is 1. The number of halogens is 3. The number of hydrogen-bond donors (Lipinski definition) is 2. The number of aromatic nitrogens is 1. The summed E-state index contributed by atoms with van der Waals surface area (Å²) in [7, 11) is 0. The molecule has 0 spiro atoms. The third-order valence-electron chi connectivity index (χ3n) is 4.36. The molecule has 0 amide bonds. The number of carboxylic acid groups (broad SMARTS) is 1. The average Bonchev–Trinajstić information content (AvgIpc) is 2.65. The van der Waals surface area contributed by atoms with Crippen molar-refractivity contribution in [2.75, 3.05) is 5.32 Å². The van der Waals surface area contributed by atoms with Gasteiger partial charge < -0.3 is 15.2 Å². The maximum atomic E-state index is 13.7. The second-order valence-electron chi connectivity index (χ2n) is 6.64.